The van der Waals surface area contributed by atoms with Crippen LogP contribution in [-0.2, 0) is 4.74 Å². The quantitative estimate of drug-likeness (QED) is 0.885. The van der Waals surface area contributed by atoms with Crippen LogP contribution < -0.4 is 10.6 Å². The van der Waals surface area contributed by atoms with E-state index in [1.54, 1.807) is 0 Å². The van der Waals surface area contributed by atoms with E-state index in [4.69, 9.17) is 4.74 Å². The van der Waals surface area contributed by atoms with Gasteiger partial charge in [0.25, 0.3) is 0 Å². The van der Waals surface area contributed by atoms with Crippen molar-refractivity contribution in [3.05, 3.63) is 29.3 Å². The fraction of sp³-hybridized carbons (Fsp3) is 0.562. The molecule has 0 aromatic heterocycles. The third-order valence-corrected chi connectivity index (χ3v) is 3.80. The molecule has 0 unspecified atom stereocenters. The van der Waals surface area contributed by atoms with Crippen molar-refractivity contribution in [2.24, 2.45) is 0 Å². The average Bonchev–Trinajstić information content (AvgIpc) is 2.93. The Hall–Kier alpha value is -1.55. The van der Waals surface area contributed by atoms with E-state index in [9.17, 15) is 4.79 Å². The number of amides is 2. The van der Waals surface area contributed by atoms with Crippen molar-refractivity contribution in [2.75, 3.05) is 11.9 Å². The zero-order valence-corrected chi connectivity index (χ0v) is 12.5. The van der Waals surface area contributed by atoms with Crippen molar-refractivity contribution < 1.29 is 9.53 Å². The van der Waals surface area contributed by atoms with Gasteiger partial charge in [-0.3, -0.25) is 0 Å². The lowest BCUT2D eigenvalue weighted by molar-refractivity contribution is 0.0804. The SMILES string of the molecule is CC[C@@H](NC(=O)Nc1ccc(C)cc1C)[C@H]1CCCO1. The Labute approximate surface area is 120 Å². The van der Waals surface area contributed by atoms with E-state index in [0.717, 1.165) is 37.1 Å². The number of nitrogens with one attached hydrogen (secondary N) is 2. The number of ether oxygens (including phenoxy) is 1. The van der Waals surface area contributed by atoms with Crippen molar-refractivity contribution in [2.45, 2.75) is 52.2 Å². The fourth-order valence-corrected chi connectivity index (χ4v) is 2.66. The molecule has 4 heteroatoms. The molecule has 0 radical (unpaired) electrons. The number of carbonyl (C=O) groups is 1. The van der Waals surface area contributed by atoms with Gasteiger partial charge in [0.2, 0.25) is 0 Å². The van der Waals surface area contributed by atoms with Gasteiger partial charge in [-0.05, 0) is 44.7 Å². The van der Waals surface area contributed by atoms with E-state index in [0.29, 0.717) is 0 Å². The van der Waals surface area contributed by atoms with Gasteiger partial charge in [0.1, 0.15) is 0 Å². The van der Waals surface area contributed by atoms with Gasteiger partial charge in [-0.1, -0.05) is 24.6 Å². The highest BCUT2D eigenvalue weighted by Crippen LogP contribution is 2.19. The van der Waals surface area contributed by atoms with Gasteiger partial charge in [0.15, 0.2) is 0 Å². The Morgan fingerprint density at radius 2 is 2.25 bits per heavy atom. The molecule has 2 rings (SSSR count). The Morgan fingerprint density at radius 3 is 2.85 bits per heavy atom. The predicted molar refractivity (Wildman–Crippen MR) is 81.1 cm³/mol. The van der Waals surface area contributed by atoms with Gasteiger partial charge < -0.3 is 15.4 Å². The third kappa shape index (κ3) is 3.73. The summed E-state index contributed by atoms with van der Waals surface area (Å²) in [5, 5.41) is 5.94. The molecule has 20 heavy (non-hydrogen) atoms. The van der Waals surface area contributed by atoms with Crippen LogP contribution in [0.5, 0.6) is 0 Å². The van der Waals surface area contributed by atoms with E-state index in [1.165, 1.54) is 5.56 Å². The summed E-state index contributed by atoms with van der Waals surface area (Å²) in [5.74, 6) is 0. The molecule has 0 aliphatic carbocycles. The first-order chi connectivity index (χ1) is 9.60. The van der Waals surface area contributed by atoms with Crippen LogP contribution in [-0.4, -0.2) is 24.8 Å². The maximum Gasteiger partial charge on any atom is 0.319 e. The summed E-state index contributed by atoms with van der Waals surface area (Å²) < 4.78 is 5.65. The molecular formula is C16H24N2O2. The normalized spacial score (nSPS) is 19.6. The largest absolute Gasteiger partial charge is 0.376 e. The number of hydrogen-bond donors (Lipinski definition) is 2. The minimum atomic E-state index is -0.153. The Kier molecular flexibility index (Phi) is 5.01. The molecule has 2 N–H and O–H groups in total. The van der Waals surface area contributed by atoms with Crippen molar-refractivity contribution in [3.8, 4) is 0 Å². The maximum absolute atomic E-state index is 12.1. The molecule has 1 aromatic rings. The minimum Gasteiger partial charge on any atom is -0.376 e. The van der Waals surface area contributed by atoms with Crippen molar-refractivity contribution in [1.82, 2.24) is 5.32 Å². The second-order valence-electron chi connectivity index (χ2n) is 5.48. The molecule has 1 aliphatic rings. The molecule has 2 atom stereocenters. The monoisotopic (exact) mass is 276 g/mol. The molecule has 1 heterocycles. The molecule has 1 saturated heterocycles. The Bertz CT molecular complexity index is 468. The predicted octanol–water partition coefficient (Wildman–Crippen LogP) is 3.38. The van der Waals surface area contributed by atoms with Crippen LogP contribution >= 0.6 is 0 Å². The van der Waals surface area contributed by atoms with Gasteiger partial charge in [-0.25, -0.2) is 4.79 Å². The van der Waals surface area contributed by atoms with Crippen LogP contribution in [0.2, 0.25) is 0 Å². The minimum absolute atomic E-state index is 0.0863. The van der Waals surface area contributed by atoms with Crippen LogP contribution in [0.15, 0.2) is 18.2 Å². The fourth-order valence-electron chi connectivity index (χ4n) is 2.66. The highest BCUT2D eigenvalue weighted by Gasteiger charge is 2.25. The van der Waals surface area contributed by atoms with Crippen molar-refractivity contribution in [1.29, 1.82) is 0 Å². The van der Waals surface area contributed by atoms with Crippen LogP contribution in [0.4, 0.5) is 10.5 Å². The average molecular weight is 276 g/mol. The van der Waals surface area contributed by atoms with Crippen molar-refractivity contribution >= 4 is 11.7 Å². The first-order valence-electron chi connectivity index (χ1n) is 7.36. The Morgan fingerprint density at radius 1 is 1.45 bits per heavy atom. The molecule has 0 spiro atoms. The summed E-state index contributed by atoms with van der Waals surface area (Å²) >= 11 is 0. The van der Waals surface area contributed by atoms with Crippen LogP contribution in [0.1, 0.15) is 37.3 Å². The van der Waals surface area contributed by atoms with Crippen LogP contribution in [0, 0.1) is 13.8 Å². The zero-order chi connectivity index (χ0) is 14.5. The first kappa shape index (κ1) is 14.9. The summed E-state index contributed by atoms with van der Waals surface area (Å²) in [7, 11) is 0. The third-order valence-electron chi connectivity index (χ3n) is 3.80. The summed E-state index contributed by atoms with van der Waals surface area (Å²) in [6.45, 7) is 6.92. The molecular weight excluding hydrogens is 252 g/mol. The summed E-state index contributed by atoms with van der Waals surface area (Å²) in [6.07, 6.45) is 3.15. The van der Waals surface area contributed by atoms with Gasteiger partial charge in [-0.15, -0.1) is 0 Å². The highest BCUT2D eigenvalue weighted by molar-refractivity contribution is 5.90. The first-order valence-corrected chi connectivity index (χ1v) is 7.36. The summed E-state index contributed by atoms with van der Waals surface area (Å²) in [6, 6.07) is 5.94. The van der Waals surface area contributed by atoms with Gasteiger partial charge in [0, 0.05) is 12.3 Å². The second-order valence-corrected chi connectivity index (χ2v) is 5.48. The standard InChI is InChI=1S/C16H24N2O2/c1-4-13(15-6-5-9-20-15)17-16(19)18-14-8-7-11(2)10-12(14)3/h7-8,10,13,15H,4-6,9H2,1-3H3,(H2,17,18,19)/t13-,15-/m1/s1. The number of rotatable bonds is 4. The van der Waals surface area contributed by atoms with Gasteiger partial charge >= 0.3 is 6.03 Å². The van der Waals surface area contributed by atoms with E-state index >= 15 is 0 Å². The topological polar surface area (TPSA) is 50.4 Å². The van der Waals surface area contributed by atoms with E-state index < -0.39 is 0 Å². The number of urea groups is 1. The molecule has 1 aliphatic heterocycles. The van der Waals surface area contributed by atoms with E-state index in [-0.39, 0.29) is 18.2 Å². The number of hydrogen-bond acceptors (Lipinski definition) is 2. The van der Waals surface area contributed by atoms with E-state index in [1.807, 2.05) is 26.0 Å². The van der Waals surface area contributed by atoms with Crippen LogP contribution in [0.3, 0.4) is 0 Å². The lowest BCUT2D eigenvalue weighted by Gasteiger charge is -2.23. The summed E-state index contributed by atoms with van der Waals surface area (Å²) in [4.78, 5) is 12.1. The molecule has 1 fully saturated rings. The smallest absolute Gasteiger partial charge is 0.319 e. The molecule has 1 aromatic carbocycles. The lowest BCUT2D eigenvalue weighted by Crippen LogP contribution is -2.44. The maximum atomic E-state index is 12.1. The van der Waals surface area contributed by atoms with E-state index in [2.05, 4.69) is 23.6 Å². The number of anilines is 1. The number of aryl methyl sites for hydroxylation is 2. The molecule has 0 saturated carbocycles. The molecule has 2 amide bonds. The summed E-state index contributed by atoms with van der Waals surface area (Å²) in [5.41, 5.74) is 3.12. The lowest BCUT2D eigenvalue weighted by atomic mass is 10.1. The number of carbonyl (C=O) groups excluding carboxylic acids is 1. The van der Waals surface area contributed by atoms with Crippen LogP contribution in [0.25, 0.3) is 0 Å². The molecule has 110 valence electrons. The van der Waals surface area contributed by atoms with Gasteiger partial charge in [0.05, 0.1) is 12.1 Å². The number of benzene rings is 1. The Balaban J connectivity index is 1.93. The van der Waals surface area contributed by atoms with Gasteiger partial charge in [-0.2, -0.15) is 0 Å². The second kappa shape index (κ2) is 6.75. The van der Waals surface area contributed by atoms with Crippen molar-refractivity contribution in [3.63, 3.8) is 0 Å². The highest BCUT2D eigenvalue weighted by atomic mass is 16.5. The molecule has 4 nitrogen and oxygen atoms in total. The molecule has 0 bridgehead atoms. The zero-order valence-electron chi connectivity index (χ0n) is 12.5.